The largest absolute Gasteiger partial charge is 0.335 e. The monoisotopic (exact) mass is 265 g/mol. The predicted octanol–water partition coefficient (Wildman–Crippen LogP) is 2.10. The molecule has 2 aromatic rings. The fourth-order valence-electron chi connectivity index (χ4n) is 2.06. The van der Waals surface area contributed by atoms with Crippen molar-refractivity contribution < 1.29 is 8.78 Å². The summed E-state index contributed by atoms with van der Waals surface area (Å²) in [6.07, 6.45) is 1.04. The SMILES string of the molecule is Cc1c(Cc2ccc(F)cc2F)nc(CCN)n1C. The highest BCUT2D eigenvalue weighted by molar-refractivity contribution is 5.27. The highest BCUT2D eigenvalue weighted by Gasteiger charge is 2.13. The lowest BCUT2D eigenvalue weighted by Gasteiger charge is -2.03. The van der Waals surface area contributed by atoms with Gasteiger partial charge in [-0.05, 0) is 25.1 Å². The van der Waals surface area contributed by atoms with Crippen LogP contribution < -0.4 is 5.73 Å². The molecule has 1 aromatic carbocycles. The fraction of sp³-hybridized carbons (Fsp3) is 0.357. The van der Waals surface area contributed by atoms with E-state index in [1.54, 1.807) is 0 Å². The summed E-state index contributed by atoms with van der Waals surface area (Å²) in [6, 6.07) is 3.62. The van der Waals surface area contributed by atoms with Crippen LogP contribution in [0.25, 0.3) is 0 Å². The van der Waals surface area contributed by atoms with Gasteiger partial charge in [-0.2, -0.15) is 0 Å². The summed E-state index contributed by atoms with van der Waals surface area (Å²) < 4.78 is 28.5. The van der Waals surface area contributed by atoms with Crippen LogP contribution in [0.4, 0.5) is 8.78 Å². The van der Waals surface area contributed by atoms with Crippen molar-refractivity contribution in [1.29, 1.82) is 0 Å². The van der Waals surface area contributed by atoms with Gasteiger partial charge in [0.2, 0.25) is 0 Å². The van der Waals surface area contributed by atoms with Gasteiger partial charge in [0.25, 0.3) is 0 Å². The quantitative estimate of drug-likeness (QED) is 0.920. The van der Waals surface area contributed by atoms with Crippen molar-refractivity contribution in [3.63, 3.8) is 0 Å². The van der Waals surface area contributed by atoms with Gasteiger partial charge in [-0.25, -0.2) is 13.8 Å². The van der Waals surface area contributed by atoms with Crippen molar-refractivity contribution >= 4 is 0 Å². The summed E-state index contributed by atoms with van der Waals surface area (Å²) in [4.78, 5) is 4.48. The summed E-state index contributed by atoms with van der Waals surface area (Å²) >= 11 is 0. The number of aromatic nitrogens is 2. The molecule has 0 saturated heterocycles. The van der Waals surface area contributed by atoms with Crippen LogP contribution in [0.15, 0.2) is 18.2 Å². The lowest BCUT2D eigenvalue weighted by molar-refractivity contribution is 0.574. The lowest BCUT2D eigenvalue weighted by atomic mass is 10.1. The number of nitrogens with two attached hydrogens (primary N) is 1. The number of nitrogens with zero attached hydrogens (tertiary/aromatic N) is 2. The van der Waals surface area contributed by atoms with E-state index in [2.05, 4.69) is 4.98 Å². The molecule has 19 heavy (non-hydrogen) atoms. The minimum Gasteiger partial charge on any atom is -0.335 e. The molecule has 0 saturated carbocycles. The number of benzene rings is 1. The molecule has 1 aromatic heterocycles. The van der Waals surface area contributed by atoms with Crippen LogP contribution in [0.5, 0.6) is 0 Å². The van der Waals surface area contributed by atoms with Crippen LogP contribution >= 0.6 is 0 Å². The van der Waals surface area contributed by atoms with Crippen molar-refractivity contribution in [1.82, 2.24) is 9.55 Å². The maximum atomic E-state index is 13.6. The normalized spacial score (nSPS) is 11.0. The molecule has 0 amide bonds. The number of hydrogen-bond donors (Lipinski definition) is 1. The lowest BCUT2D eigenvalue weighted by Crippen LogP contribution is -2.08. The van der Waals surface area contributed by atoms with Crippen molar-refractivity contribution in [2.45, 2.75) is 19.8 Å². The van der Waals surface area contributed by atoms with Gasteiger partial charge in [0.05, 0.1) is 5.69 Å². The molecule has 0 radical (unpaired) electrons. The molecule has 102 valence electrons. The van der Waals surface area contributed by atoms with Gasteiger partial charge in [-0.3, -0.25) is 0 Å². The zero-order valence-corrected chi connectivity index (χ0v) is 11.1. The van der Waals surface area contributed by atoms with Gasteiger partial charge in [0, 0.05) is 31.6 Å². The summed E-state index contributed by atoms with van der Waals surface area (Å²) in [5.41, 5.74) is 7.75. The molecule has 0 aliphatic heterocycles. The second kappa shape index (κ2) is 5.48. The minimum absolute atomic E-state index is 0.357. The number of hydrogen-bond acceptors (Lipinski definition) is 2. The molecule has 2 rings (SSSR count). The van der Waals surface area contributed by atoms with Crippen LogP contribution in [0.1, 0.15) is 22.8 Å². The Morgan fingerprint density at radius 2 is 2.05 bits per heavy atom. The third-order valence-electron chi connectivity index (χ3n) is 3.31. The second-order valence-corrected chi connectivity index (χ2v) is 4.57. The molecule has 0 bridgehead atoms. The van der Waals surface area contributed by atoms with Crippen molar-refractivity contribution in [3.8, 4) is 0 Å². The van der Waals surface area contributed by atoms with E-state index in [0.29, 0.717) is 24.9 Å². The van der Waals surface area contributed by atoms with Gasteiger partial charge < -0.3 is 10.3 Å². The van der Waals surface area contributed by atoms with Gasteiger partial charge >= 0.3 is 0 Å². The zero-order valence-electron chi connectivity index (χ0n) is 11.1. The summed E-state index contributed by atoms with van der Waals surface area (Å²) in [6.45, 7) is 2.46. The molecular formula is C14H17F2N3. The van der Waals surface area contributed by atoms with Crippen LogP contribution in [-0.2, 0) is 19.9 Å². The Bertz CT molecular complexity index is 591. The second-order valence-electron chi connectivity index (χ2n) is 4.57. The van der Waals surface area contributed by atoms with Crippen LogP contribution in [-0.4, -0.2) is 16.1 Å². The Morgan fingerprint density at radius 3 is 2.68 bits per heavy atom. The Labute approximate surface area is 111 Å². The van der Waals surface area contributed by atoms with E-state index >= 15 is 0 Å². The van der Waals surface area contributed by atoms with Gasteiger partial charge in [-0.1, -0.05) is 6.07 Å². The van der Waals surface area contributed by atoms with E-state index < -0.39 is 11.6 Å². The first-order valence-corrected chi connectivity index (χ1v) is 6.18. The maximum absolute atomic E-state index is 13.6. The smallest absolute Gasteiger partial charge is 0.129 e. The van der Waals surface area contributed by atoms with E-state index in [0.717, 1.165) is 23.3 Å². The van der Waals surface area contributed by atoms with Crippen LogP contribution in [0, 0.1) is 18.6 Å². The molecule has 3 nitrogen and oxygen atoms in total. The zero-order chi connectivity index (χ0) is 14.0. The molecule has 2 N–H and O–H groups in total. The number of rotatable bonds is 4. The van der Waals surface area contributed by atoms with Crippen molar-refractivity contribution in [3.05, 3.63) is 52.6 Å². The number of imidazole rings is 1. The molecule has 0 fully saturated rings. The molecule has 0 atom stereocenters. The van der Waals surface area contributed by atoms with E-state index in [1.807, 2.05) is 18.5 Å². The third kappa shape index (κ3) is 2.81. The van der Waals surface area contributed by atoms with Crippen molar-refractivity contribution in [2.24, 2.45) is 12.8 Å². The highest BCUT2D eigenvalue weighted by atomic mass is 19.1. The van der Waals surface area contributed by atoms with Crippen LogP contribution in [0.3, 0.4) is 0 Å². The molecule has 0 spiro atoms. The van der Waals surface area contributed by atoms with E-state index in [9.17, 15) is 8.78 Å². The Morgan fingerprint density at radius 1 is 1.32 bits per heavy atom. The first-order chi connectivity index (χ1) is 9.02. The average molecular weight is 265 g/mol. The topological polar surface area (TPSA) is 43.8 Å². The minimum atomic E-state index is -0.567. The van der Waals surface area contributed by atoms with E-state index in [4.69, 9.17) is 5.73 Å². The molecule has 0 aliphatic carbocycles. The molecular weight excluding hydrogens is 248 g/mol. The Balaban J connectivity index is 2.30. The predicted molar refractivity (Wildman–Crippen MR) is 69.9 cm³/mol. The molecule has 0 unspecified atom stereocenters. The molecule has 1 heterocycles. The molecule has 0 aliphatic rings. The van der Waals surface area contributed by atoms with Crippen LogP contribution in [0.2, 0.25) is 0 Å². The highest BCUT2D eigenvalue weighted by Crippen LogP contribution is 2.17. The summed E-state index contributed by atoms with van der Waals surface area (Å²) in [5.74, 6) is -0.217. The first-order valence-electron chi connectivity index (χ1n) is 6.18. The third-order valence-corrected chi connectivity index (χ3v) is 3.31. The van der Waals surface area contributed by atoms with Crippen molar-refractivity contribution in [2.75, 3.05) is 6.54 Å². The number of halogens is 2. The maximum Gasteiger partial charge on any atom is 0.129 e. The van der Waals surface area contributed by atoms with Gasteiger partial charge in [0.15, 0.2) is 0 Å². The van der Waals surface area contributed by atoms with Gasteiger partial charge in [-0.15, -0.1) is 0 Å². The summed E-state index contributed by atoms with van der Waals surface area (Å²) in [7, 11) is 1.91. The molecule has 5 heteroatoms. The Hall–Kier alpha value is -1.75. The van der Waals surface area contributed by atoms with E-state index in [-0.39, 0.29) is 0 Å². The van der Waals surface area contributed by atoms with E-state index in [1.165, 1.54) is 12.1 Å². The fourth-order valence-corrected chi connectivity index (χ4v) is 2.06. The standard InChI is InChI=1S/C14H17F2N3/c1-9-13(18-14(5-6-17)19(9)2)7-10-3-4-11(15)8-12(10)16/h3-4,8H,5-7,17H2,1-2H3. The Kier molecular flexibility index (Phi) is 3.95. The average Bonchev–Trinajstić information content (AvgIpc) is 2.62. The summed E-state index contributed by atoms with van der Waals surface area (Å²) in [5, 5.41) is 0. The van der Waals surface area contributed by atoms with Gasteiger partial charge in [0.1, 0.15) is 17.5 Å². The first kappa shape index (κ1) is 13.7.